The number of rotatable bonds is 6. The van der Waals surface area contributed by atoms with Crippen LogP contribution >= 0.6 is 0 Å². The number of nitrogens with zero attached hydrogens (tertiary/aromatic N) is 2. The van der Waals surface area contributed by atoms with E-state index >= 15 is 0 Å². The monoisotopic (exact) mass is 268 g/mol. The van der Waals surface area contributed by atoms with Gasteiger partial charge in [-0.15, -0.1) is 0 Å². The van der Waals surface area contributed by atoms with E-state index in [2.05, 4.69) is 0 Å². The summed E-state index contributed by atoms with van der Waals surface area (Å²) in [7, 11) is 0. The summed E-state index contributed by atoms with van der Waals surface area (Å²) in [6.07, 6.45) is -1.66. The molecule has 0 heterocycles. The summed E-state index contributed by atoms with van der Waals surface area (Å²) in [5.41, 5.74) is 0.707. The van der Waals surface area contributed by atoms with Gasteiger partial charge >= 0.3 is 6.09 Å². The molecule has 0 radical (unpaired) electrons. The topological polar surface area (TPSA) is 104 Å². The van der Waals surface area contributed by atoms with Gasteiger partial charge in [0, 0.05) is 25.1 Å². The van der Waals surface area contributed by atoms with Crippen LogP contribution in [-0.2, 0) is 6.42 Å². The second kappa shape index (κ2) is 6.69. The number of nitro benzene ring substituents is 1. The van der Waals surface area contributed by atoms with Gasteiger partial charge in [0.05, 0.1) is 17.6 Å². The minimum atomic E-state index is -1.08. The predicted molar refractivity (Wildman–Crippen MR) is 68.1 cm³/mol. The van der Waals surface area contributed by atoms with Crippen LogP contribution in [0.15, 0.2) is 24.3 Å². The van der Waals surface area contributed by atoms with Crippen LogP contribution in [-0.4, -0.2) is 45.3 Å². The lowest BCUT2D eigenvalue weighted by Gasteiger charge is -2.20. The molecular weight excluding hydrogens is 252 g/mol. The standard InChI is InChI=1S/C12H16N2O5/c1-2-13(12(16)17)8-11(15)7-9-3-5-10(6-4-9)14(18)19/h3-6,11,15H,2,7-8H2,1H3,(H,16,17). The van der Waals surface area contributed by atoms with Crippen molar-refractivity contribution in [1.29, 1.82) is 0 Å². The number of nitro groups is 1. The minimum Gasteiger partial charge on any atom is -0.465 e. The summed E-state index contributed by atoms with van der Waals surface area (Å²) in [4.78, 5) is 21.9. The summed E-state index contributed by atoms with van der Waals surface area (Å²) in [5.74, 6) is 0. The van der Waals surface area contributed by atoms with Crippen LogP contribution in [0.4, 0.5) is 10.5 Å². The summed E-state index contributed by atoms with van der Waals surface area (Å²) in [5, 5.41) is 29.1. The normalized spacial score (nSPS) is 11.9. The minimum absolute atomic E-state index is 0.0149. The zero-order chi connectivity index (χ0) is 14.4. The molecule has 1 rings (SSSR count). The molecular formula is C12H16N2O5. The summed E-state index contributed by atoms with van der Waals surface area (Å²) in [6, 6.07) is 5.82. The van der Waals surface area contributed by atoms with Crippen LogP contribution in [0.2, 0.25) is 0 Å². The van der Waals surface area contributed by atoms with Gasteiger partial charge in [-0.2, -0.15) is 0 Å². The van der Waals surface area contributed by atoms with Gasteiger partial charge in [0.25, 0.3) is 5.69 Å². The number of hydrogen-bond donors (Lipinski definition) is 2. The maximum absolute atomic E-state index is 10.8. The highest BCUT2D eigenvalue weighted by Crippen LogP contribution is 2.13. The first kappa shape index (κ1) is 14.9. The highest BCUT2D eigenvalue weighted by molar-refractivity contribution is 5.64. The lowest BCUT2D eigenvalue weighted by Crippen LogP contribution is -2.37. The van der Waals surface area contributed by atoms with E-state index in [1.807, 2.05) is 0 Å². The third kappa shape index (κ3) is 4.55. The van der Waals surface area contributed by atoms with Crippen LogP contribution < -0.4 is 0 Å². The van der Waals surface area contributed by atoms with Gasteiger partial charge in [-0.3, -0.25) is 10.1 Å². The molecule has 0 bridgehead atoms. The first-order valence-electron chi connectivity index (χ1n) is 5.83. The van der Waals surface area contributed by atoms with E-state index < -0.39 is 17.1 Å². The Hall–Kier alpha value is -2.15. The number of aliphatic hydroxyl groups is 1. The first-order chi connectivity index (χ1) is 8.93. The smallest absolute Gasteiger partial charge is 0.407 e. The number of likely N-dealkylation sites (N-methyl/N-ethyl adjacent to an activating group) is 1. The third-order valence-electron chi connectivity index (χ3n) is 2.70. The fourth-order valence-corrected chi connectivity index (χ4v) is 1.69. The van der Waals surface area contributed by atoms with Crippen LogP contribution in [0.3, 0.4) is 0 Å². The Morgan fingerprint density at radius 1 is 1.42 bits per heavy atom. The van der Waals surface area contributed by atoms with Crippen molar-refractivity contribution < 1.29 is 19.9 Å². The molecule has 0 saturated heterocycles. The van der Waals surface area contributed by atoms with Crippen LogP contribution in [0.1, 0.15) is 12.5 Å². The second-order valence-electron chi connectivity index (χ2n) is 4.10. The SMILES string of the molecule is CCN(CC(O)Cc1ccc([N+](=O)[O-])cc1)C(=O)O. The quantitative estimate of drug-likeness (QED) is 0.601. The average molecular weight is 268 g/mol. The van der Waals surface area contributed by atoms with E-state index in [9.17, 15) is 20.0 Å². The predicted octanol–water partition coefficient (Wildman–Crippen LogP) is 1.50. The van der Waals surface area contributed by atoms with Crippen molar-refractivity contribution in [3.05, 3.63) is 39.9 Å². The summed E-state index contributed by atoms with van der Waals surface area (Å²) in [6.45, 7) is 2.00. The lowest BCUT2D eigenvalue weighted by molar-refractivity contribution is -0.384. The first-order valence-corrected chi connectivity index (χ1v) is 5.83. The van der Waals surface area contributed by atoms with Crippen molar-refractivity contribution in [3.8, 4) is 0 Å². The summed E-state index contributed by atoms with van der Waals surface area (Å²) < 4.78 is 0. The molecule has 1 aromatic rings. The molecule has 0 aliphatic rings. The number of aliphatic hydroxyl groups excluding tert-OH is 1. The Balaban J connectivity index is 2.59. The van der Waals surface area contributed by atoms with E-state index in [4.69, 9.17) is 5.11 Å². The summed E-state index contributed by atoms with van der Waals surface area (Å²) >= 11 is 0. The van der Waals surface area contributed by atoms with Gasteiger partial charge in [0.15, 0.2) is 0 Å². The molecule has 0 fully saturated rings. The number of amides is 1. The van der Waals surface area contributed by atoms with Crippen molar-refractivity contribution in [2.75, 3.05) is 13.1 Å². The van der Waals surface area contributed by atoms with Gasteiger partial charge in [0.1, 0.15) is 0 Å². The zero-order valence-corrected chi connectivity index (χ0v) is 10.5. The Bertz CT molecular complexity index is 446. The Morgan fingerprint density at radius 3 is 2.42 bits per heavy atom. The van der Waals surface area contributed by atoms with Crippen molar-refractivity contribution >= 4 is 11.8 Å². The van der Waals surface area contributed by atoms with Crippen molar-refractivity contribution in [2.24, 2.45) is 0 Å². The highest BCUT2D eigenvalue weighted by atomic mass is 16.6. The van der Waals surface area contributed by atoms with Gasteiger partial charge < -0.3 is 15.1 Å². The number of carbonyl (C=O) groups is 1. The molecule has 0 spiro atoms. The van der Waals surface area contributed by atoms with Gasteiger partial charge in [-0.25, -0.2) is 4.79 Å². The Labute approximate surface area is 110 Å². The van der Waals surface area contributed by atoms with Crippen molar-refractivity contribution in [2.45, 2.75) is 19.4 Å². The molecule has 1 unspecified atom stereocenters. The fraction of sp³-hybridized carbons (Fsp3) is 0.417. The highest BCUT2D eigenvalue weighted by Gasteiger charge is 2.15. The van der Waals surface area contributed by atoms with E-state index in [-0.39, 0.29) is 18.7 Å². The van der Waals surface area contributed by atoms with Gasteiger partial charge in [-0.05, 0) is 12.5 Å². The molecule has 7 heteroatoms. The Morgan fingerprint density at radius 2 is 2.00 bits per heavy atom. The van der Waals surface area contributed by atoms with Gasteiger partial charge in [-0.1, -0.05) is 12.1 Å². The lowest BCUT2D eigenvalue weighted by atomic mass is 10.1. The van der Waals surface area contributed by atoms with E-state index in [0.717, 1.165) is 10.5 Å². The van der Waals surface area contributed by atoms with Gasteiger partial charge in [0.2, 0.25) is 0 Å². The fourth-order valence-electron chi connectivity index (χ4n) is 1.69. The number of hydrogen-bond acceptors (Lipinski definition) is 4. The molecule has 0 saturated carbocycles. The molecule has 0 aliphatic carbocycles. The van der Waals surface area contributed by atoms with E-state index in [1.165, 1.54) is 12.1 Å². The van der Waals surface area contributed by atoms with E-state index in [0.29, 0.717) is 6.54 Å². The third-order valence-corrected chi connectivity index (χ3v) is 2.70. The average Bonchev–Trinajstić information content (AvgIpc) is 2.36. The maximum atomic E-state index is 10.8. The molecule has 7 nitrogen and oxygen atoms in total. The molecule has 1 atom stereocenters. The number of non-ortho nitro benzene ring substituents is 1. The molecule has 19 heavy (non-hydrogen) atoms. The molecule has 2 N–H and O–H groups in total. The molecule has 1 aromatic carbocycles. The molecule has 0 aromatic heterocycles. The van der Waals surface area contributed by atoms with E-state index in [1.54, 1.807) is 19.1 Å². The molecule has 104 valence electrons. The molecule has 1 amide bonds. The Kier molecular flexibility index (Phi) is 5.25. The second-order valence-corrected chi connectivity index (χ2v) is 4.10. The van der Waals surface area contributed by atoms with Crippen molar-refractivity contribution in [1.82, 2.24) is 4.90 Å². The molecule has 0 aliphatic heterocycles. The zero-order valence-electron chi connectivity index (χ0n) is 10.5. The van der Waals surface area contributed by atoms with Crippen molar-refractivity contribution in [3.63, 3.8) is 0 Å². The largest absolute Gasteiger partial charge is 0.465 e. The number of benzene rings is 1. The number of carboxylic acid groups (broad SMARTS) is 1. The van der Waals surface area contributed by atoms with Crippen LogP contribution in [0, 0.1) is 10.1 Å². The van der Waals surface area contributed by atoms with Crippen LogP contribution in [0.25, 0.3) is 0 Å². The van der Waals surface area contributed by atoms with Crippen LogP contribution in [0.5, 0.6) is 0 Å². The maximum Gasteiger partial charge on any atom is 0.407 e.